The van der Waals surface area contributed by atoms with Gasteiger partial charge >= 0.3 is 0 Å². The Bertz CT molecular complexity index is 497. The molecule has 2 heteroatoms. The molecule has 0 saturated heterocycles. The summed E-state index contributed by atoms with van der Waals surface area (Å²) in [6.45, 7) is 6.23. The van der Waals surface area contributed by atoms with E-state index in [0.29, 0.717) is 0 Å². The fourth-order valence-corrected chi connectivity index (χ4v) is 1.89. The normalized spacial score (nSPS) is 10.3. The van der Waals surface area contributed by atoms with E-state index < -0.39 is 0 Å². The Kier molecular flexibility index (Phi) is 3.23. The van der Waals surface area contributed by atoms with E-state index in [9.17, 15) is 0 Å². The Morgan fingerprint density at radius 3 is 2.00 bits per heavy atom. The van der Waals surface area contributed by atoms with Crippen molar-refractivity contribution in [2.24, 2.45) is 0 Å². The van der Waals surface area contributed by atoms with Crippen molar-refractivity contribution >= 4 is 24.7 Å². The second-order valence-corrected chi connectivity index (χ2v) is 4.53. The molecule has 0 amide bonds. The van der Waals surface area contributed by atoms with Crippen LogP contribution >= 0.6 is 0 Å². The summed E-state index contributed by atoms with van der Waals surface area (Å²) in [5.74, 6) is 0. The van der Waals surface area contributed by atoms with E-state index in [-0.39, 0.29) is 0 Å². The molecule has 1 nitrogen and oxygen atoms in total. The molecule has 0 aliphatic rings. The molecular formula is C15H16BN. The molecule has 0 fully saturated rings. The molecule has 0 heterocycles. The molecule has 0 spiro atoms. The van der Waals surface area contributed by atoms with Gasteiger partial charge in [0.05, 0.1) is 0 Å². The van der Waals surface area contributed by atoms with Gasteiger partial charge in [-0.2, -0.15) is 0 Å². The number of hydrogen-bond acceptors (Lipinski definition) is 1. The first-order chi connectivity index (χ1) is 8.06. The Balaban J connectivity index is 2.31. The van der Waals surface area contributed by atoms with Gasteiger partial charge in [-0.25, -0.2) is 0 Å². The molecule has 0 unspecified atom stereocenters. The van der Waals surface area contributed by atoms with Gasteiger partial charge in [0, 0.05) is 11.4 Å². The zero-order chi connectivity index (χ0) is 12.4. The summed E-state index contributed by atoms with van der Waals surface area (Å²) < 4.78 is 0. The third-order valence-corrected chi connectivity index (χ3v) is 2.86. The van der Waals surface area contributed by atoms with Crippen LogP contribution in [0.2, 0.25) is 0 Å². The number of anilines is 2. The van der Waals surface area contributed by atoms with Crippen LogP contribution in [0.25, 0.3) is 0 Å². The van der Waals surface area contributed by atoms with E-state index in [0.717, 1.165) is 16.8 Å². The topological polar surface area (TPSA) is 12.0 Å². The molecule has 1 N–H and O–H groups in total. The second-order valence-electron chi connectivity index (χ2n) is 4.53. The van der Waals surface area contributed by atoms with Crippen molar-refractivity contribution in [3.63, 3.8) is 0 Å². The number of benzene rings is 2. The van der Waals surface area contributed by atoms with Crippen molar-refractivity contribution in [1.29, 1.82) is 0 Å². The molecule has 2 rings (SSSR count). The molecule has 0 atom stereocenters. The van der Waals surface area contributed by atoms with Gasteiger partial charge in [-0.3, -0.25) is 0 Å². The highest BCUT2D eigenvalue weighted by atomic mass is 14.9. The summed E-state index contributed by atoms with van der Waals surface area (Å²) in [5, 5.41) is 3.37. The molecule has 0 aliphatic carbocycles. The van der Waals surface area contributed by atoms with Crippen LogP contribution in [0.1, 0.15) is 16.7 Å². The maximum absolute atomic E-state index is 5.99. The van der Waals surface area contributed by atoms with Gasteiger partial charge in [-0.15, -0.1) is 0 Å². The average Bonchev–Trinajstić information content (AvgIpc) is 2.25. The summed E-state index contributed by atoms with van der Waals surface area (Å²) >= 11 is 0. The maximum Gasteiger partial charge on any atom is 0.116 e. The molecule has 0 aromatic heterocycles. The summed E-state index contributed by atoms with van der Waals surface area (Å²) in [6.07, 6.45) is 0. The number of aryl methyl sites for hydroxylation is 3. The lowest BCUT2D eigenvalue weighted by Gasteiger charge is -2.13. The Morgan fingerprint density at radius 2 is 1.41 bits per heavy atom. The summed E-state index contributed by atoms with van der Waals surface area (Å²) in [4.78, 5) is 0. The molecule has 0 bridgehead atoms. The molecule has 2 aromatic carbocycles. The van der Waals surface area contributed by atoms with Gasteiger partial charge in [-0.05, 0) is 38.5 Å². The molecule has 0 saturated carbocycles. The quantitative estimate of drug-likeness (QED) is 0.768. The maximum atomic E-state index is 5.99. The third-order valence-electron chi connectivity index (χ3n) is 2.86. The summed E-state index contributed by atoms with van der Waals surface area (Å²) in [5.41, 5.74) is 6.52. The number of hydrogen-bond donors (Lipinski definition) is 1. The molecule has 2 aromatic rings. The monoisotopic (exact) mass is 221 g/mol. The van der Waals surface area contributed by atoms with Crippen LogP contribution in [-0.4, -0.2) is 7.85 Å². The minimum absolute atomic E-state index is 0.782. The minimum atomic E-state index is 0.782. The predicted octanol–water partition coefficient (Wildman–Crippen LogP) is 3.15. The highest BCUT2D eigenvalue weighted by molar-refractivity contribution is 6.36. The lowest BCUT2D eigenvalue weighted by atomic mass is 9.92. The minimum Gasteiger partial charge on any atom is -0.356 e. The van der Waals surface area contributed by atoms with Crippen molar-refractivity contribution in [3.8, 4) is 0 Å². The van der Waals surface area contributed by atoms with Gasteiger partial charge < -0.3 is 5.32 Å². The van der Waals surface area contributed by atoms with Crippen molar-refractivity contribution < 1.29 is 0 Å². The van der Waals surface area contributed by atoms with Crippen molar-refractivity contribution in [2.45, 2.75) is 20.8 Å². The third kappa shape index (κ3) is 2.70. The lowest BCUT2D eigenvalue weighted by Crippen LogP contribution is -2.10. The van der Waals surface area contributed by atoms with Gasteiger partial charge in [-0.1, -0.05) is 40.9 Å². The Labute approximate surface area is 104 Å². The molecule has 2 radical (unpaired) electrons. The number of nitrogens with one attached hydrogen (secondary N) is 1. The van der Waals surface area contributed by atoms with E-state index in [4.69, 9.17) is 7.85 Å². The molecule has 84 valence electrons. The van der Waals surface area contributed by atoms with E-state index in [1.165, 1.54) is 16.7 Å². The Morgan fingerprint density at radius 1 is 0.824 bits per heavy atom. The van der Waals surface area contributed by atoms with Crippen molar-refractivity contribution in [1.82, 2.24) is 0 Å². The van der Waals surface area contributed by atoms with Crippen LogP contribution in [0.15, 0.2) is 36.4 Å². The molecule has 0 aliphatic heterocycles. The van der Waals surface area contributed by atoms with Gasteiger partial charge in [0.1, 0.15) is 7.85 Å². The Hall–Kier alpha value is -1.70. The highest BCUT2D eigenvalue weighted by Crippen LogP contribution is 2.20. The van der Waals surface area contributed by atoms with Gasteiger partial charge in [0.2, 0.25) is 0 Å². The molecule has 17 heavy (non-hydrogen) atoms. The van der Waals surface area contributed by atoms with Crippen LogP contribution in [0, 0.1) is 20.8 Å². The van der Waals surface area contributed by atoms with Gasteiger partial charge in [0.15, 0.2) is 0 Å². The SMILES string of the molecule is [B]c1cc(C)ccc1Nc1ccc(C)cc1C. The number of rotatable bonds is 2. The van der Waals surface area contributed by atoms with E-state index in [1.807, 2.05) is 19.1 Å². The first-order valence-corrected chi connectivity index (χ1v) is 5.76. The van der Waals surface area contributed by atoms with Crippen LogP contribution in [-0.2, 0) is 0 Å². The van der Waals surface area contributed by atoms with Gasteiger partial charge in [0.25, 0.3) is 0 Å². The van der Waals surface area contributed by atoms with E-state index in [2.05, 4.69) is 43.4 Å². The first kappa shape index (κ1) is 11.8. The van der Waals surface area contributed by atoms with Crippen molar-refractivity contribution in [3.05, 3.63) is 53.1 Å². The van der Waals surface area contributed by atoms with Crippen LogP contribution in [0.3, 0.4) is 0 Å². The van der Waals surface area contributed by atoms with Crippen LogP contribution in [0.4, 0.5) is 11.4 Å². The van der Waals surface area contributed by atoms with Crippen molar-refractivity contribution in [2.75, 3.05) is 5.32 Å². The predicted molar refractivity (Wildman–Crippen MR) is 75.8 cm³/mol. The fourth-order valence-electron chi connectivity index (χ4n) is 1.89. The molecular weight excluding hydrogens is 205 g/mol. The fraction of sp³-hybridized carbons (Fsp3) is 0.200. The highest BCUT2D eigenvalue weighted by Gasteiger charge is 2.01. The second kappa shape index (κ2) is 4.66. The summed E-state index contributed by atoms with van der Waals surface area (Å²) in [6, 6.07) is 12.4. The van der Waals surface area contributed by atoms with Crippen LogP contribution in [0.5, 0.6) is 0 Å². The lowest BCUT2D eigenvalue weighted by molar-refractivity contribution is 1.37. The standard InChI is InChI=1S/C15H16BN/c1-10-4-6-14(12(3)8-10)17-15-7-5-11(2)9-13(15)16/h4-9,17H,1-3H3. The largest absolute Gasteiger partial charge is 0.356 e. The average molecular weight is 221 g/mol. The summed E-state index contributed by atoms with van der Waals surface area (Å²) in [7, 11) is 5.99. The zero-order valence-corrected chi connectivity index (χ0v) is 10.5. The van der Waals surface area contributed by atoms with E-state index in [1.54, 1.807) is 0 Å². The first-order valence-electron chi connectivity index (χ1n) is 5.76. The van der Waals surface area contributed by atoms with Crippen LogP contribution < -0.4 is 10.8 Å². The smallest absolute Gasteiger partial charge is 0.116 e. The zero-order valence-electron chi connectivity index (χ0n) is 10.5. The van der Waals surface area contributed by atoms with E-state index >= 15 is 0 Å².